The van der Waals surface area contributed by atoms with Crippen LogP contribution in [0.1, 0.15) is 47.4 Å². The van der Waals surface area contributed by atoms with Crippen LogP contribution in [0.4, 0.5) is 0 Å². The van der Waals surface area contributed by atoms with E-state index in [0.29, 0.717) is 6.42 Å². The van der Waals surface area contributed by atoms with Crippen LogP contribution in [0.25, 0.3) is 0 Å². The second-order valence-corrected chi connectivity index (χ2v) is 6.15. The summed E-state index contributed by atoms with van der Waals surface area (Å²) in [7, 11) is 0. The van der Waals surface area contributed by atoms with Crippen molar-refractivity contribution in [2.45, 2.75) is 26.7 Å². The highest BCUT2D eigenvalue weighted by Crippen LogP contribution is 2.33. The molecule has 0 saturated heterocycles. The van der Waals surface area contributed by atoms with Gasteiger partial charge < -0.3 is 0 Å². The minimum absolute atomic E-state index is 0.0000133. The van der Waals surface area contributed by atoms with Gasteiger partial charge in [0, 0.05) is 41.7 Å². The van der Waals surface area contributed by atoms with Crippen molar-refractivity contribution in [1.29, 1.82) is 0 Å². The molecule has 0 amide bonds. The van der Waals surface area contributed by atoms with Gasteiger partial charge in [-0.1, -0.05) is 25.7 Å². The summed E-state index contributed by atoms with van der Waals surface area (Å²) in [6.07, 6.45) is 6.58. The lowest BCUT2D eigenvalue weighted by atomic mass is 9.75. The molecule has 3 rings (SSSR count). The van der Waals surface area contributed by atoms with Gasteiger partial charge in [0.15, 0.2) is 5.78 Å². The molecule has 2 aromatic rings. The molecule has 0 bridgehead atoms. The average Bonchev–Trinajstić information content (AvgIpc) is 2.45. The van der Waals surface area contributed by atoms with Crippen LogP contribution < -0.4 is 0 Å². The Morgan fingerprint density at radius 2 is 1.95 bits per heavy atom. The molecule has 104 valence electrons. The van der Waals surface area contributed by atoms with Crippen LogP contribution >= 0.6 is 0 Å². The van der Waals surface area contributed by atoms with E-state index in [1.54, 1.807) is 18.6 Å². The van der Waals surface area contributed by atoms with E-state index in [2.05, 4.69) is 35.7 Å². The molecule has 3 heteroatoms. The fourth-order valence-electron chi connectivity index (χ4n) is 2.57. The van der Waals surface area contributed by atoms with E-state index < -0.39 is 0 Å². The van der Waals surface area contributed by atoms with E-state index >= 15 is 0 Å². The molecule has 0 radical (unpaired) electrons. The molecule has 0 aliphatic heterocycles. The summed E-state index contributed by atoms with van der Waals surface area (Å²) in [5, 5.41) is 0. The van der Waals surface area contributed by atoms with Crippen molar-refractivity contribution in [3.63, 3.8) is 0 Å². The van der Waals surface area contributed by atoms with E-state index in [1.165, 1.54) is 0 Å². The van der Waals surface area contributed by atoms with Crippen molar-refractivity contribution in [3.8, 4) is 11.8 Å². The fraction of sp³-hybridized carbons (Fsp3) is 0.278. The molecule has 3 nitrogen and oxygen atoms in total. The van der Waals surface area contributed by atoms with Gasteiger partial charge in [-0.15, -0.1) is 0 Å². The number of pyridine rings is 2. The summed E-state index contributed by atoms with van der Waals surface area (Å²) in [5.74, 6) is 6.25. The Kier molecular flexibility index (Phi) is 3.31. The van der Waals surface area contributed by atoms with Gasteiger partial charge in [0.25, 0.3) is 0 Å². The maximum Gasteiger partial charge on any atom is 0.165 e. The van der Waals surface area contributed by atoms with Gasteiger partial charge in [-0.05, 0) is 30.0 Å². The summed E-state index contributed by atoms with van der Waals surface area (Å²) < 4.78 is 0. The Hall–Kier alpha value is -2.47. The van der Waals surface area contributed by atoms with Gasteiger partial charge in [0.1, 0.15) is 0 Å². The molecule has 2 aromatic heterocycles. The number of aromatic nitrogens is 2. The number of carbonyl (C=O) groups excluding carboxylic acids is 1. The highest BCUT2D eigenvalue weighted by molar-refractivity contribution is 5.98. The normalized spacial score (nSPS) is 15.8. The zero-order valence-electron chi connectivity index (χ0n) is 12.2. The van der Waals surface area contributed by atoms with Crippen molar-refractivity contribution in [3.05, 3.63) is 59.2 Å². The molecule has 0 N–H and O–H groups in total. The molecule has 1 aliphatic carbocycles. The first-order chi connectivity index (χ1) is 10.0. The Labute approximate surface area is 124 Å². The summed E-state index contributed by atoms with van der Waals surface area (Å²) >= 11 is 0. The van der Waals surface area contributed by atoms with Crippen molar-refractivity contribution in [2.24, 2.45) is 5.41 Å². The lowest BCUT2D eigenvalue weighted by Crippen LogP contribution is -2.27. The van der Waals surface area contributed by atoms with Crippen LogP contribution in [0.2, 0.25) is 0 Å². The van der Waals surface area contributed by atoms with Crippen molar-refractivity contribution < 1.29 is 4.79 Å². The molecular weight excluding hydrogens is 260 g/mol. The summed E-state index contributed by atoms with van der Waals surface area (Å²) in [4.78, 5) is 20.7. The molecule has 21 heavy (non-hydrogen) atoms. The molecule has 0 fully saturated rings. The van der Waals surface area contributed by atoms with Crippen LogP contribution in [0.3, 0.4) is 0 Å². The van der Waals surface area contributed by atoms with E-state index in [-0.39, 0.29) is 11.2 Å². The molecule has 0 atom stereocenters. The third kappa shape index (κ3) is 3.00. The topological polar surface area (TPSA) is 42.9 Å². The molecule has 0 aromatic carbocycles. The first kappa shape index (κ1) is 13.5. The number of fused-ring (bicyclic) bond motifs is 1. The number of hydrogen-bond donors (Lipinski definition) is 0. The molecule has 0 saturated carbocycles. The van der Waals surface area contributed by atoms with Gasteiger partial charge >= 0.3 is 0 Å². The lowest BCUT2D eigenvalue weighted by Gasteiger charge is -2.29. The van der Waals surface area contributed by atoms with Crippen LogP contribution in [-0.2, 0) is 6.42 Å². The van der Waals surface area contributed by atoms with Gasteiger partial charge in [-0.25, -0.2) is 0 Å². The quantitative estimate of drug-likeness (QED) is 0.695. The third-order valence-corrected chi connectivity index (χ3v) is 3.57. The largest absolute Gasteiger partial charge is 0.294 e. The van der Waals surface area contributed by atoms with Gasteiger partial charge in [0.2, 0.25) is 0 Å². The second kappa shape index (κ2) is 5.14. The Balaban J connectivity index is 1.93. The van der Waals surface area contributed by atoms with E-state index in [0.717, 1.165) is 28.8 Å². The molecule has 0 unspecified atom stereocenters. The SMILES string of the molecule is CC1(C)CC(=O)c2cc(C#Cc3cccnc3)cnc2C1. The highest BCUT2D eigenvalue weighted by atomic mass is 16.1. The highest BCUT2D eigenvalue weighted by Gasteiger charge is 2.31. The molecule has 1 aliphatic rings. The second-order valence-electron chi connectivity index (χ2n) is 6.15. The maximum absolute atomic E-state index is 12.2. The number of hydrogen-bond acceptors (Lipinski definition) is 3. The summed E-state index contributed by atoms with van der Waals surface area (Å²) in [6, 6.07) is 5.61. The Morgan fingerprint density at radius 1 is 1.14 bits per heavy atom. The number of rotatable bonds is 0. The molecule has 0 spiro atoms. The van der Waals surface area contributed by atoms with Crippen LogP contribution in [0.5, 0.6) is 0 Å². The number of ketones is 1. The third-order valence-electron chi connectivity index (χ3n) is 3.57. The van der Waals surface area contributed by atoms with Crippen LogP contribution in [0.15, 0.2) is 36.8 Å². The van der Waals surface area contributed by atoms with E-state index in [4.69, 9.17) is 0 Å². The first-order valence-corrected chi connectivity index (χ1v) is 6.98. The van der Waals surface area contributed by atoms with E-state index in [1.807, 2.05) is 18.2 Å². The van der Waals surface area contributed by atoms with Crippen molar-refractivity contribution in [2.75, 3.05) is 0 Å². The minimum Gasteiger partial charge on any atom is -0.294 e. The fourth-order valence-corrected chi connectivity index (χ4v) is 2.57. The van der Waals surface area contributed by atoms with E-state index in [9.17, 15) is 4.79 Å². The number of nitrogens with zero attached hydrogens (tertiary/aromatic N) is 2. The standard InChI is InChI=1S/C18H16N2O/c1-18(2)9-16-15(17(21)10-18)8-14(12-20-16)6-5-13-4-3-7-19-11-13/h3-4,7-8,11-12H,9-10H2,1-2H3. The van der Waals surface area contributed by atoms with Crippen LogP contribution in [-0.4, -0.2) is 15.8 Å². The predicted molar refractivity (Wildman–Crippen MR) is 80.9 cm³/mol. The molecule has 2 heterocycles. The van der Waals surface area contributed by atoms with Crippen LogP contribution in [0, 0.1) is 17.3 Å². The van der Waals surface area contributed by atoms with Gasteiger partial charge in [-0.3, -0.25) is 14.8 Å². The first-order valence-electron chi connectivity index (χ1n) is 6.98. The minimum atomic E-state index is -0.0000133. The average molecular weight is 276 g/mol. The summed E-state index contributed by atoms with van der Waals surface area (Å²) in [5.41, 5.74) is 3.24. The smallest absolute Gasteiger partial charge is 0.165 e. The number of carbonyl (C=O) groups is 1. The summed E-state index contributed by atoms with van der Waals surface area (Å²) in [6.45, 7) is 4.21. The Morgan fingerprint density at radius 3 is 2.71 bits per heavy atom. The van der Waals surface area contributed by atoms with Crippen molar-refractivity contribution in [1.82, 2.24) is 9.97 Å². The Bertz CT molecular complexity index is 752. The maximum atomic E-state index is 12.2. The van der Waals surface area contributed by atoms with Gasteiger partial charge in [0.05, 0.1) is 5.69 Å². The zero-order valence-corrected chi connectivity index (χ0v) is 12.2. The lowest BCUT2D eigenvalue weighted by molar-refractivity contribution is 0.0910. The van der Waals surface area contributed by atoms with Crippen molar-refractivity contribution >= 4 is 5.78 Å². The predicted octanol–water partition coefficient (Wildman–Crippen LogP) is 3.03. The molecular formula is C18H16N2O. The monoisotopic (exact) mass is 276 g/mol. The number of Topliss-reactive ketones (excluding diaryl/α,β-unsaturated/α-hetero) is 1. The van der Waals surface area contributed by atoms with Gasteiger partial charge in [-0.2, -0.15) is 0 Å². The zero-order chi connectivity index (χ0) is 14.9.